The molecule has 0 fully saturated rings. The molecule has 1 aromatic carbocycles. The Bertz CT molecular complexity index is 959. The van der Waals surface area contributed by atoms with Gasteiger partial charge in [-0.15, -0.1) is 0 Å². The zero-order chi connectivity index (χ0) is 20.8. The van der Waals surface area contributed by atoms with E-state index in [4.69, 9.17) is 4.74 Å². The van der Waals surface area contributed by atoms with E-state index in [0.29, 0.717) is 0 Å². The standard InChI is InChI=1S/C19H14F5NO3/c1-25-10(3-4-11(18(25)28-2)19(22,23)24)7-9-8-14(26)15-12(20)5-6-13(21)16(15)17(9)27/h3-6,8,18H,7H2,1-2H3. The second-order valence-corrected chi connectivity index (χ2v) is 6.30. The van der Waals surface area contributed by atoms with Crippen LogP contribution in [0.15, 0.2) is 47.2 Å². The molecule has 148 valence electrons. The second-order valence-electron chi connectivity index (χ2n) is 6.30. The maximum atomic E-state index is 14.1. The van der Waals surface area contributed by atoms with Crippen molar-refractivity contribution >= 4 is 11.6 Å². The number of carbonyl (C=O) groups excluding carboxylic acids is 2. The van der Waals surface area contributed by atoms with Crippen LogP contribution in [-0.4, -0.2) is 43.0 Å². The van der Waals surface area contributed by atoms with Gasteiger partial charge in [0.1, 0.15) is 11.6 Å². The van der Waals surface area contributed by atoms with Crippen molar-refractivity contribution in [1.82, 2.24) is 4.90 Å². The zero-order valence-electron chi connectivity index (χ0n) is 14.7. The fraction of sp³-hybridized carbons (Fsp3) is 0.263. The van der Waals surface area contributed by atoms with Gasteiger partial charge in [0.25, 0.3) is 0 Å². The van der Waals surface area contributed by atoms with Crippen LogP contribution >= 0.6 is 0 Å². The number of hydrogen-bond acceptors (Lipinski definition) is 4. The minimum atomic E-state index is -4.62. The minimum absolute atomic E-state index is 0.154. The van der Waals surface area contributed by atoms with E-state index in [-0.39, 0.29) is 17.7 Å². The Kier molecular flexibility index (Phi) is 4.97. The Hall–Kier alpha value is -2.81. The van der Waals surface area contributed by atoms with Gasteiger partial charge in [-0.3, -0.25) is 9.59 Å². The summed E-state index contributed by atoms with van der Waals surface area (Å²) >= 11 is 0. The highest BCUT2D eigenvalue weighted by Gasteiger charge is 2.42. The Labute approximate surface area is 156 Å². The SMILES string of the molecule is COC1C(C(F)(F)F)=CC=C(CC2=CC(=O)c3c(F)ccc(F)c3C2=O)N1C. The molecule has 1 aliphatic carbocycles. The van der Waals surface area contributed by atoms with Crippen molar-refractivity contribution < 1.29 is 36.3 Å². The number of alkyl halides is 3. The van der Waals surface area contributed by atoms with Crippen LogP contribution in [0.5, 0.6) is 0 Å². The molecular formula is C19H14F5NO3. The number of fused-ring (bicyclic) bond motifs is 1. The lowest BCUT2D eigenvalue weighted by Gasteiger charge is -2.36. The first kappa shape index (κ1) is 19.9. The molecule has 9 heteroatoms. The van der Waals surface area contributed by atoms with Crippen molar-refractivity contribution in [1.29, 1.82) is 0 Å². The van der Waals surface area contributed by atoms with E-state index in [9.17, 15) is 31.5 Å². The average Bonchev–Trinajstić information content (AvgIpc) is 2.61. The van der Waals surface area contributed by atoms with Crippen molar-refractivity contribution in [2.24, 2.45) is 0 Å². The normalized spacial score (nSPS) is 19.9. The number of benzene rings is 1. The summed E-state index contributed by atoms with van der Waals surface area (Å²) < 4.78 is 72.1. The lowest BCUT2D eigenvalue weighted by molar-refractivity contribution is -0.122. The smallest absolute Gasteiger partial charge is 0.357 e. The molecule has 0 spiro atoms. The molecule has 1 aromatic rings. The van der Waals surface area contributed by atoms with Crippen molar-refractivity contribution in [3.05, 3.63) is 70.0 Å². The molecule has 28 heavy (non-hydrogen) atoms. The van der Waals surface area contributed by atoms with E-state index in [1.165, 1.54) is 11.9 Å². The molecule has 1 aliphatic heterocycles. The van der Waals surface area contributed by atoms with Gasteiger partial charge < -0.3 is 9.64 Å². The van der Waals surface area contributed by atoms with Crippen molar-refractivity contribution in [3.63, 3.8) is 0 Å². The van der Waals surface area contributed by atoms with Gasteiger partial charge in [0.15, 0.2) is 17.8 Å². The quantitative estimate of drug-likeness (QED) is 0.723. The Morgan fingerprint density at radius 1 is 1.07 bits per heavy atom. The first-order valence-corrected chi connectivity index (χ1v) is 8.07. The van der Waals surface area contributed by atoms with Gasteiger partial charge in [-0.2, -0.15) is 13.2 Å². The molecule has 2 aliphatic rings. The van der Waals surface area contributed by atoms with E-state index in [2.05, 4.69) is 0 Å². The molecule has 0 saturated heterocycles. The molecule has 3 rings (SSSR count). The van der Waals surface area contributed by atoms with Crippen LogP contribution in [0, 0.1) is 11.6 Å². The monoisotopic (exact) mass is 399 g/mol. The third kappa shape index (κ3) is 3.26. The molecule has 1 atom stereocenters. The fourth-order valence-electron chi connectivity index (χ4n) is 3.25. The number of methoxy groups -OCH3 is 1. The Morgan fingerprint density at radius 2 is 1.68 bits per heavy atom. The molecule has 0 N–H and O–H groups in total. The number of halogens is 5. The third-order valence-corrected chi connectivity index (χ3v) is 4.62. The van der Waals surface area contributed by atoms with Crippen LogP contribution in [0.1, 0.15) is 27.1 Å². The molecule has 0 radical (unpaired) electrons. The largest absolute Gasteiger partial charge is 0.416 e. The molecule has 1 heterocycles. The van der Waals surface area contributed by atoms with E-state index < -0.39 is 52.3 Å². The lowest BCUT2D eigenvalue weighted by atomic mass is 9.86. The van der Waals surface area contributed by atoms with Crippen LogP contribution in [0.4, 0.5) is 22.0 Å². The van der Waals surface area contributed by atoms with Crippen LogP contribution < -0.4 is 0 Å². The highest BCUT2D eigenvalue weighted by molar-refractivity contribution is 6.24. The summed E-state index contributed by atoms with van der Waals surface area (Å²) in [6, 6.07) is 1.50. The van der Waals surface area contributed by atoms with Gasteiger partial charge in [0, 0.05) is 31.8 Å². The number of hydrogen-bond donors (Lipinski definition) is 0. The summed E-state index contributed by atoms with van der Waals surface area (Å²) in [5.41, 5.74) is -2.16. The first-order chi connectivity index (χ1) is 13.1. The van der Waals surface area contributed by atoms with Gasteiger partial charge in [0.05, 0.1) is 16.7 Å². The summed E-state index contributed by atoms with van der Waals surface area (Å²) in [5, 5.41) is 0. The number of ketones is 2. The predicted molar refractivity (Wildman–Crippen MR) is 88.5 cm³/mol. The molecule has 0 bridgehead atoms. The molecule has 1 unspecified atom stereocenters. The van der Waals surface area contributed by atoms with E-state index in [0.717, 1.165) is 37.5 Å². The van der Waals surface area contributed by atoms with Crippen molar-refractivity contribution in [2.45, 2.75) is 18.8 Å². The number of rotatable bonds is 3. The first-order valence-electron chi connectivity index (χ1n) is 8.07. The van der Waals surface area contributed by atoms with E-state index in [1.807, 2.05) is 0 Å². The fourth-order valence-corrected chi connectivity index (χ4v) is 3.25. The molecular weight excluding hydrogens is 385 g/mol. The average molecular weight is 399 g/mol. The summed E-state index contributed by atoms with van der Waals surface area (Å²) in [6.45, 7) is 0. The van der Waals surface area contributed by atoms with Gasteiger partial charge in [0.2, 0.25) is 0 Å². The highest BCUT2D eigenvalue weighted by atomic mass is 19.4. The lowest BCUT2D eigenvalue weighted by Crippen LogP contribution is -2.41. The number of nitrogens with zero attached hydrogens (tertiary/aromatic N) is 1. The number of likely N-dealkylation sites (N-methyl/N-ethyl adjacent to an activating group) is 1. The third-order valence-electron chi connectivity index (χ3n) is 4.62. The molecule has 0 amide bonds. The van der Waals surface area contributed by atoms with Gasteiger partial charge >= 0.3 is 6.18 Å². The molecule has 0 aromatic heterocycles. The Balaban J connectivity index is 1.98. The number of Topliss-reactive ketones (excluding diaryl/α,β-unsaturated/α-hetero) is 1. The van der Waals surface area contributed by atoms with Crippen molar-refractivity contribution in [3.8, 4) is 0 Å². The summed E-state index contributed by atoms with van der Waals surface area (Å²) in [6.07, 6.45) is -3.46. The van der Waals surface area contributed by atoms with Crippen LogP contribution in [0.2, 0.25) is 0 Å². The number of allylic oxidation sites excluding steroid dienone is 4. The predicted octanol–water partition coefficient (Wildman–Crippen LogP) is 3.95. The highest BCUT2D eigenvalue weighted by Crippen LogP contribution is 2.36. The van der Waals surface area contributed by atoms with Crippen LogP contribution in [-0.2, 0) is 4.74 Å². The summed E-state index contributed by atoms with van der Waals surface area (Å²) in [5.74, 6) is -3.83. The topological polar surface area (TPSA) is 46.6 Å². The van der Waals surface area contributed by atoms with Crippen LogP contribution in [0.3, 0.4) is 0 Å². The summed E-state index contributed by atoms with van der Waals surface area (Å²) in [4.78, 5) is 25.9. The molecule has 0 saturated carbocycles. The zero-order valence-corrected chi connectivity index (χ0v) is 14.7. The number of carbonyl (C=O) groups is 2. The van der Waals surface area contributed by atoms with Gasteiger partial charge in [-0.05, 0) is 30.4 Å². The molecule has 4 nitrogen and oxygen atoms in total. The maximum absolute atomic E-state index is 14.1. The minimum Gasteiger partial charge on any atom is -0.357 e. The van der Waals surface area contributed by atoms with Gasteiger partial charge in [-0.25, -0.2) is 8.78 Å². The number of ether oxygens (including phenoxy) is 1. The van der Waals surface area contributed by atoms with Gasteiger partial charge in [-0.1, -0.05) is 0 Å². The van der Waals surface area contributed by atoms with Crippen LogP contribution in [0.25, 0.3) is 0 Å². The van der Waals surface area contributed by atoms with E-state index in [1.54, 1.807) is 0 Å². The van der Waals surface area contributed by atoms with E-state index >= 15 is 0 Å². The maximum Gasteiger partial charge on any atom is 0.416 e. The van der Waals surface area contributed by atoms with Crippen molar-refractivity contribution in [2.75, 3.05) is 14.2 Å². The Morgan fingerprint density at radius 3 is 2.25 bits per heavy atom. The summed E-state index contributed by atoms with van der Waals surface area (Å²) in [7, 11) is 2.44. The second kappa shape index (κ2) is 6.97.